The van der Waals surface area contributed by atoms with Gasteiger partial charge < -0.3 is 83.8 Å². The first-order valence-corrected chi connectivity index (χ1v) is 32.4. The number of hydrogen-bond acceptors (Lipinski definition) is 17. The van der Waals surface area contributed by atoms with E-state index in [-0.39, 0.29) is 49.2 Å². The Balaban J connectivity index is 1.34. The number of nitrogens with two attached hydrogens (primary N) is 2. The fourth-order valence-electron chi connectivity index (χ4n) is 9.64. The highest BCUT2D eigenvalue weighted by Crippen LogP contribution is 2.22. The van der Waals surface area contributed by atoms with E-state index in [1.807, 2.05) is 22.6 Å². The van der Waals surface area contributed by atoms with Crippen molar-refractivity contribution in [2.45, 2.75) is 139 Å². The van der Waals surface area contributed by atoms with Crippen molar-refractivity contribution >= 4 is 115 Å². The average molecular weight is 1450 g/mol. The van der Waals surface area contributed by atoms with Gasteiger partial charge in [-0.05, 0) is 94.4 Å². The first-order chi connectivity index (χ1) is 45.0. The van der Waals surface area contributed by atoms with Gasteiger partial charge in [0.05, 0.1) is 35.5 Å². The molecule has 5 aromatic rings. The van der Waals surface area contributed by atoms with Gasteiger partial charge in [-0.25, -0.2) is 0 Å². The Kier molecular flexibility index (Phi) is 29.8. The SMILES string of the molecule is CCCC[C@H](NC(=O)[C@H](Cc1ccc(OS(=O)(=O)O)cc1)NC(=O)[C@H](CC(=O)O)NC(=O)CNC(=O)[C@H](N)Cc1ccc(O)c([125I])c1)C(=O)NCC(=O)N[C@@H](Cc1c[nH]c2ccccc12)C(=O)N[C@@H](CCCC)C(=O)N[C@@H](CC(=O)O)C(=O)N[C@@H](Cc1ccccc1)C(N)=O. The van der Waals surface area contributed by atoms with Crippen LogP contribution in [0.3, 0.4) is 0 Å². The summed E-state index contributed by atoms with van der Waals surface area (Å²) in [6, 6.07) is 12.5. The van der Waals surface area contributed by atoms with E-state index in [2.05, 4.69) is 57.0 Å². The first-order valence-electron chi connectivity index (χ1n) is 30.0. The Bertz CT molecular complexity index is 3670. The Labute approximate surface area is 559 Å². The summed E-state index contributed by atoms with van der Waals surface area (Å²) in [4.78, 5) is 165. The summed E-state index contributed by atoms with van der Waals surface area (Å²) in [7, 11) is -4.97. The van der Waals surface area contributed by atoms with E-state index in [9.17, 15) is 85.8 Å². The van der Waals surface area contributed by atoms with Crippen molar-refractivity contribution < 1.29 is 90.0 Å². The molecule has 31 nitrogen and oxygen atoms in total. The number of carboxylic acids is 2. The van der Waals surface area contributed by atoms with Crippen LogP contribution in [0.5, 0.6) is 11.5 Å². The number of halogens is 1. The monoisotopic (exact) mass is 1450 g/mol. The fourth-order valence-corrected chi connectivity index (χ4v) is 10.6. The first kappa shape index (κ1) is 76.0. The van der Waals surface area contributed by atoms with E-state index in [1.165, 1.54) is 18.2 Å². The molecule has 0 radical (unpaired) electrons. The number of carbonyl (C=O) groups is 12. The molecule has 10 amide bonds. The summed E-state index contributed by atoms with van der Waals surface area (Å²) in [5.74, 6) is -13.3. The number of unbranched alkanes of at least 4 members (excludes halogenated alkanes) is 2. The van der Waals surface area contributed by atoms with Crippen LogP contribution in [0.25, 0.3) is 10.9 Å². The molecule has 1 heterocycles. The molecule has 512 valence electrons. The van der Waals surface area contributed by atoms with Crippen LogP contribution in [-0.4, -0.2) is 166 Å². The standard InChI is InChI=1S/C62H77IN12O19S/c1-3-5-15-43(71-59(87)46(27-35-18-21-38(22-19-35)94-95(91,92)93)74-61(89)48(29-53(79)80)70-51(77)32-67-56(84)41(64)25-36-20-23-50(76)40(63)24-36)57(85)68-33-52(78)69-47(28-37-31-66-42-17-11-10-14-39(37)42)60(88)72-44(16-6-4-2)58(86)75-49(30-54(81)82)62(90)73-45(55(65)83)26-34-12-8-7-9-13-34/h7-14,17-24,31,41,43-49,66,76H,3-6,15-16,25-30,32-33,64H2,1-2H3,(H2,65,83)(H,67,84)(H,68,85)(H,69,78)(H,70,77)(H,71,87)(H,72,88)(H,73,90)(H,74,89)(H,75,86)(H,79,80)(H,81,82)(H,91,92,93)/t41-,43+,44+,45+,46+,47+,48+,49+/m1/s1/i63-2. The zero-order chi connectivity index (χ0) is 69.9. The lowest BCUT2D eigenvalue weighted by atomic mass is 10.0. The predicted octanol–water partition coefficient (Wildman–Crippen LogP) is -0.301. The number of H-pyrrole nitrogens is 1. The molecule has 1 aromatic heterocycles. The number of hydrogen-bond donors (Lipinski definition) is 16. The van der Waals surface area contributed by atoms with Gasteiger partial charge in [0.15, 0.2) is 0 Å². The topological polar surface area (TPSA) is 505 Å². The van der Waals surface area contributed by atoms with Gasteiger partial charge in [0, 0.05) is 36.4 Å². The second kappa shape index (κ2) is 37.2. The molecule has 0 aliphatic heterocycles. The molecule has 0 saturated heterocycles. The molecule has 18 N–H and O–H groups in total. The lowest BCUT2D eigenvalue weighted by Crippen LogP contribution is -2.59. The van der Waals surface area contributed by atoms with Crippen molar-refractivity contribution in [2.24, 2.45) is 11.5 Å². The van der Waals surface area contributed by atoms with Gasteiger partial charge >= 0.3 is 22.3 Å². The number of nitrogens with one attached hydrogen (secondary N) is 10. The van der Waals surface area contributed by atoms with Gasteiger partial charge in [-0.1, -0.05) is 106 Å². The number of phenols is 1. The summed E-state index contributed by atoms with van der Waals surface area (Å²) >= 11 is 1.88. The van der Waals surface area contributed by atoms with E-state index in [0.29, 0.717) is 56.8 Å². The number of carbonyl (C=O) groups excluding carboxylic acids is 10. The number of amides is 10. The number of aromatic amines is 1. The van der Waals surface area contributed by atoms with E-state index < -0.39 is 162 Å². The normalized spacial score (nSPS) is 13.7. The Morgan fingerprint density at radius 3 is 1.55 bits per heavy atom. The molecule has 5 rings (SSSR count). The maximum absolute atomic E-state index is 14.5. The Hall–Kier alpha value is -9.74. The fraction of sp³-hybridized carbons (Fsp3) is 0.387. The lowest BCUT2D eigenvalue weighted by Gasteiger charge is -2.26. The molecule has 0 saturated carbocycles. The molecule has 0 aliphatic rings. The third kappa shape index (κ3) is 25.9. The van der Waals surface area contributed by atoms with Crippen molar-refractivity contribution in [3.05, 3.63) is 129 Å². The summed E-state index contributed by atoms with van der Waals surface area (Å²) in [5, 5.41) is 52.0. The second-order valence-electron chi connectivity index (χ2n) is 22.1. The minimum Gasteiger partial charge on any atom is -0.507 e. The molecule has 0 aliphatic carbocycles. The van der Waals surface area contributed by atoms with Crippen LogP contribution in [-0.2, 0) is 93.6 Å². The van der Waals surface area contributed by atoms with Crippen LogP contribution in [0.1, 0.15) is 87.5 Å². The number of phenolic OH excluding ortho intramolecular Hbond substituents is 1. The number of primary amides is 1. The highest BCUT2D eigenvalue weighted by Gasteiger charge is 2.35. The van der Waals surface area contributed by atoms with Gasteiger partial charge in [-0.2, -0.15) is 8.42 Å². The Morgan fingerprint density at radius 2 is 0.989 bits per heavy atom. The van der Waals surface area contributed by atoms with Gasteiger partial charge in [0.1, 0.15) is 53.8 Å². The quantitative estimate of drug-likeness (QED) is 0.0177. The van der Waals surface area contributed by atoms with Gasteiger partial charge in [0.25, 0.3) is 0 Å². The zero-order valence-corrected chi connectivity index (χ0v) is 54.7. The number of aromatic nitrogens is 1. The highest BCUT2D eigenvalue weighted by molar-refractivity contribution is 14.1. The number of aromatic hydroxyl groups is 1. The predicted molar refractivity (Wildman–Crippen MR) is 349 cm³/mol. The van der Waals surface area contributed by atoms with Gasteiger partial charge in [-0.15, -0.1) is 0 Å². The number of carboxylic acid groups (broad SMARTS) is 2. The number of benzene rings is 4. The molecule has 0 fully saturated rings. The maximum Gasteiger partial charge on any atom is 0.446 e. The number of rotatable bonds is 39. The summed E-state index contributed by atoms with van der Waals surface area (Å²) in [6.45, 7) is 1.96. The zero-order valence-electron chi connectivity index (χ0n) is 51.7. The third-order valence-electron chi connectivity index (χ3n) is 14.5. The number of para-hydroxylation sites is 1. The summed E-state index contributed by atoms with van der Waals surface area (Å²) in [5.41, 5.74) is 14.2. The molecule has 33 heteroatoms. The lowest BCUT2D eigenvalue weighted by molar-refractivity contribution is -0.141. The van der Waals surface area contributed by atoms with Crippen molar-refractivity contribution in [1.29, 1.82) is 0 Å². The molecule has 8 atom stereocenters. The van der Waals surface area contributed by atoms with Crippen LogP contribution in [0.4, 0.5) is 0 Å². The van der Waals surface area contributed by atoms with Crippen LogP contribution in [0.15, 0.2) is 103 Å². The molecular weight excluding hydrogens is 1370 g/mol. The molecule has 0 bridgehead atoms. The van der Waals surface area contributed by atoms with Crippen molar-refractivity contribution in [3.63, 3.8) is 0 Å². The molecule has 4 aromatic carbocycles. The smallest absolute Gasteiger partial charge is 0.446 e. The number of aliphatic carboxylic acids is 2. The summed E-state index contributed by atoms with van der Waals surface area (Å²) < 4.78 is 37.0. The highest BCUT2D eigenvalue weighted by atomic mass is 125. The van der Waals surface area contributed by atoms with Gasteiger partial charge in [0.2, 0.25) is 59.1 Å². The number of fused-ring (bicyclic) bond motifs is 1. The van der Waals surface area contributed by atoms with Crippen molar-refractivity contribution in [2.75, 3.05) is 13.1 Å². The van der Waals surface area contributed by atoms with Crippen LogP contribution >= 0.6 is 22.6 Å². The molecule has 0 unspecified atom stereocenters. The maximum atomic E-state index is 14.5. The second-order valence-corrected chi connectivity index (χ2v) is 24.3. The molecule has 95 heavy (non-hydrogen) atoms. The summed E-state index contributed by atoms with van der Waals surface area (Å²) in [6.07, 6.45) is 0.390. The molecule has 0 spiro atoms. The van der Waals surface area contributed by atoms with Gasteiger partial charge in [-0.3, -0.25) is 62.1 Å². The average Bonchev–Trinajstić information content (AvgIpc) is 1.75. The third-order valence-corrected chi connectivity index (χ3v) is 15.8. The van der Waals surface area contributed by atoms with Crippen molar-refractivity contribution in [3.8, 4) is 11.5 Å². The van der Waals surface area contributed by atoms with Crippen LogP contribution < -0.4 is 63.5 Å². The van der Waals surface area contributed by atoms with E-state index >= 15 is 0 Å². The van der Waals surface area contributed by atoms with Crippen molar-refractivity contribution in [1.82, 2.24) is 52.8 Å². The molecular formula is C62H77IN12O19S. The Morgan fingerprint density at radius 1 is 0.537 bits per heavy atom. The minimum absolute atomic E-state index is 0.00314. The van der Waals surface area contributed by atoms with E-state index in [0.717, 1.165) is 12.1 Å². The van der Waals surface area contributed by atoms with E-state index in [1.54, 1.807) is 86.8 Å². The van der Waals surface area contributed by atoms with Crippen LogP contribution in [0.2, 0.25) is 0 Å². The minimum atomic E-state index is -4.97. The van der Waals surface area contributed by atoms with Crippen LogP contribution in [0, 0.1) is 3.57 Å². The van der Waals surface area contributed by atoms with E-state index in [4.69, 9.17) is 11.5 Å². The largest absolute Gasteiger partial charge is 0.507 e.